The van der Waals surface area contributed by atoms with E-state index in [4.69, 9.17) is 0 Å². The minimum Gasteiger partial charge on any atom is -0.392 e. The molecule has 0 heterocycles. The van der Waals surface area contributed by atoms with Crippen LogP contribution in [0.15, 0.2) is 0 Å². The number of aliphatic hydroxyl groups excluding tert-OH is 2. The van der Waals surface area contributed by atoms with Crippen molar-refractivity contribution in [2.45, 2.75) is 69.2 Å². The Balaban J connectivity index is 1.83. The van der Waals surface area contributed by atoms with Crippen molar-refractivity contribution in [1.29, 1.82) is 0 Å². The Morgan fingerprint density at radius 1 is 0.714 bits per heavy atom. The lowest BCUT2D eigenvalue weighted by Gasteiger charge is -2.32. The molecule has 2 fully saturated rings. The van der Waals surface area contributed by atoms with Crippen LogP contribution in [0.1, 0.15) is 44.9 Å². The first-order valence-corrected chi connectivity index (χ1v) is 5.89. The minimum absolute atomic E-state index is 0.191. The van der Waals surface area contributed by atoms with E-state index in [9.17, 15) is 10.2 Å². The number of hydrogen-bond acceptors (Lipinski definition) is 3. The summed E-state index contributed by atoms with van der Waals surface area (Å²) in [5.74, 6) is 0. The highest BCUT2D eigenvalue weighted by Gasteiger charge is 2.30. The maximum absolute atomic E-state index is 9.77. The van der Waals surface area contributed by atoms with Crippen molar-refractivity contribution in [2.75, 3.05) is 0 Å². The summed E-state index contributed by atoms with van der Waals surface area (Å²) in [5.41, 5.74) is 0. The van der Waals surface area contributed by atoms with Crippen LogP contribution in [0.5, 0.6) is 0 Å². The Morgan fingerprint density at radius 3 is 1.79 bits per heavy atom. The highest BCUT2D eigenvalue weighted by atomic mass is 16.3. The minimum atomic E-state index is -0.198. The molecular formula is C11H21NO2. The molecule has 2 unspecified atom stereocenters. The molecule has 2 saturated carbocycles. The standard InChI is InChI=1S/C11H21NO2/c13-10-6-2-1-4-8(10)12-9-5-3-7-11(9)14/h8-14H,1-7H2/t8?,9-,10?,11-/m1/s1. The van der Waals surface area contributed by atoms with Gasteiger partial charge in [0.05, 0.1) is 12.2 Å². The van der Waals surface area contributed by atoms with E-state index in [2.05, 4.69) is 5.32 Å². The van der Waals surface area contributed by atoms with E-state index in [0.29, 0.717) is 0 Å². The van der Waals surface area contributed by atoms with Crippen LogP contribution in [-0.4, -0.2) is 34.5 Å². The molecule has 0 radical (unpaired) electrons. The molecule has 0 amide bonds. The molecule has 2 aliphatic rings. The van der Waals surface area contributed by atoms with Gasteiger partial charge >= 0.3 is 0 Å². The smallest absolute Gasteiger partial charge is 0.0693 e. The van der Waals surface area contributed by atoms with Gasteiger partial charge in [-0.15, -0.1) is 0 Å². The molecule has 3 N–H and O–H groups in total. The molecule has 0 saturated heterocycles. The van der Waals surface area contributed by atoms with Gasteiger partial charge in [-0.05, 0) is 32.1 Å². The lowest BCUT2D eigenvalue weighted by Crippen LogP contribution is -2.49. The molecule has 2 rings (SSSR count). The molecule has 0 aromatic carbocycles. The van der Waals surface area contributed by atoms with Crippen molar-refractivity contribution < 1.29 is 10.2 Å². The van der Waals surface area contributed by atoms with Gasteiger partial charge < -0.3 is 15.5 Å². The van der Waals surface area contributed by atoms with Crippen LogP contribution in [0.2, 0.25) is 0 Å². The van der Waals surface area contributed by atoms with Crippen molar-refractivity contribution in [3.05, 3.63) is 0 Å². The SMILES string of the molecule is OC1CCCCC1N[C@@H]1CCC[C@H]1O. The van der Waals surface area contributed by atoms with E-state index < -0.39 is 0 Å². The topological polar surface area (TPSA) is 52.5 Å². The first kappa shape index (κ1) is 10.4. The van der Waals surface area contributed by atoms with Gasteiger partial charge in [-0.1, -0.05) is 12.8 Å². The second kappa shape index (κ2) is 4.60. The predicted molar refractivity (Wildman–Crippen MR) is 55.0 cm³/mol. The van der Waals surface area contributed by atoms with Crippen molar-refractivity contribution in [3.63, 3.8) is 0 Å². The Bertz CT molecular complexity index is 186. The third kappa shape index (κ3) is 2.27. The zero-order chi connectivity index (χ0) is 9.97. The van der Waals surface area contributed by atoms with E-state index in [0.717, 1.165) is 38.5 Å². The number of hydrogen-bond donors (Lipinski definition) is 3. The Labute approximate surface area is 85.5 Å². The van der Waals surface area contributed by atoms with Crippen LogP contribution >= 0.6 is 0 Å². The summed E-state index contributed by atoms with van der Waals surface area (Å²) >= 11 is 0. The summed E-state index contributed by atoms with van der Waals surface area (Å²) < 4.78 is 0. The van der Waals surface area contributed by atoms with E-state index in [1.165, 1.54) is 6.42 Å². The predicted octanol–water partition coefficient (Wildman–Crippen LogP) is 0.793. The average Bonchev–Trinajstić information content (AvgIpc) is 2.56. The summed E-state index contributed by atoms with van der Waals surface area (Å²) in [4.78, 5) is 0. The summed E-state index contributed by atoms with van der Waals surface area (Å²) in [7, 11) is 0. The average molecular weight is 199 g/mol. The largest absolute Gasteiger partial charge is 0.392 e. The highest BCUT2D eigenvalue weighted by Crippen LogP contribution is 2.23. The molecule has 0 aromatic rings. The highest BCUT2D eigenvalue weighted by molar-refractivity contribution is 4.89. The first-order chi connectivity index (χ1) is 6.77. The Kier molecular flexibility index (Phi) is 3.42. The summed E-state index contributed by atoms with van der Waals surface area (Å²) in [5, 5.41) is 22.9. The lowest BCUT2D eigenvalue weighted by molar-refractivity contribution is 0.0678. The zero-order valence-electron chi connectivity index (χ0n) is 8.65. The number of rotatable bonds is 2. The quantitative estimate of drug-likeness (QED) is 0.616. The van der Waals surface area contributed by atoms with Crippen LogP contribution in [0.3, 0.4) is 0 Å². The van der Waals surface area contributed by atoms with Crippen molar-refractivity contribution in [1.82, 2.24) is 5.32 Å². The molecule has 3 nitrogen and oxygen atoms in total. The van der Waals surface area contributed by atoms with E-state index in [-0.39, 0.29) is 24.3 Å². The first-order valence-electron chi connectivity index (χ1n) is 5.89. The maximum atomic E-state index is 9.77. The monoisotopic (exact) mass is 199 g/mol. The van der Waals surface area contributed by atoms with Crippen molar-refractivity contribution >= 4 is 0 Å². The van der Waals surface area contributed by atoms with Crippen LogP contribution in [-0.2, 0) is 0 Å². The molecule has 82 valence electrons. The fourth-order valence-corrected chi connectivity index (χ4v) is 2.72. The van der Waals surface area contributed by atoms with Crippen LogP contribution < -0.4 is 5.32 Å². The normalized spacial score (nSPS) is 44.1. The second-order valence-electron chi connectivity index (χ2n) is 4.73. The molecule has 2 aliphatic carbocycles. The van der Waals surface area contributed by atoms with E-state index in [1.807, 2.05) is 0 Å². The van der Waals surface area contributed by atoms with Gasteiger partial charge in [0.2, 0.25) is 0 Å². The molecule has 0 aromatic heterocycles. The van der Waals surface area contributed by atoms with Crippen molar-refractivity contribution in [2.24, 2.45) is 0 Å². The fourth-order valence-electron chi connectivity index (χ4n) is 2.72. The maximum Gasteiger partial charge on any atom is 0.0693 e. The van der Waals surface area contributed by atoms with Gasteiger partial charge in [-0.3, -0.25) is 0 Å². The van der Waals surface area contributed by atoms with Crippen LogP contribution in [0, 0.1) is 0 Å². The molecule has 0 spiro atoms. The van der Waals surface area contributed by atoms with Gasteiger partial charge in [-0.2, -0.15) is 0 Å². The van der Waals surface area contributed by atoms with Gasteiger partial charge in [-0.25, -0.2) is 0 Å². The molecule has 0 aliphatic heterocycles. The van der Waals surface area contributed by atoms with E-state index >= 15 is 0 Å². The molecule has 0 bridgehead atoms. The van der Waals surface area contributed by atoms with Crippen molar-refractivity contribution in [3.8, 4) is 0 Å². The van der Waals surface area contributed by atoms with Crippen LogP contribution in [0.4, 0.5) is 0 Å². The zero-order valence-corrected chi connectivity index (χ0v) is 8.65. The van der Waals surface area contributed by atoms with Gasteiger partial charge in [0.1, 0.15) is 0 Å². The van der Waals surface area contributed by atoms with Gasteiger partial charge in [0, 0.05) is 12.1 Å². The fraction of sp³-hybridized carbons (Fsp3) is 1.00. The lowest BCUT2D eigenvalue weighted by atomic mass is 9.92. The Hall–Kier alpha value is -0.120. The van der Waals surface area contributed by atoms with E-state index in [1.54, 1.807) is 0 Å². The molecule has 14 heavy (non-hydrogen) atoms. The Morgan fingerprint density at radius 2 is 1.21 bits per heavy atom. The molecule has 4 atom stereocenters. The summed E-state index contributed by atoms with van der Waals surface area (Å²) in [6.07, 6.45) is 7.03. The second-order valence-corrected chi connectivity index (χ2v) is 4.73. The molecule has 3 heteroatoms. The third-order valence-electron chi connectivity index (χ3n) is 3.64. The van der Waals surface area contributed by atoms with Crippen LogP contribution in [0.25, 0.3) is 0 Å². The van der Waals surface area contributed by atoms with Gasteiger partial charge in [0.25, 0.3) is 0 Å². The summed E-state index contributed by atoms with van der Waals surface area (Å²) in [6.45, 7) is 0. The van der Waals surface area contributed by atoms with Gasteiger partial charge in [0.15, 0.2) is 0 Å². The number of nitrogens with one attached hydrogen (secondary N) is 1. The third-order valence-corrected chi connectivity index (χ3v) is 3.64. The number of aliphatic hydroxyl groups is 2. The summed E-state index contributed by atoms with van der Waals surface area (Å²) in [6, 6.07) is 0.453. The molecular weight excluding hydrogens is 178 g/mol.